The Kier molecular flexibility index (Phi) is 4.63. The molecule has 4 nitrogen and oxygen atoms in total. The van der Waals surface area contributed by atoms with E-state index in [2.05, 4.69) is 62.1 Å². The second kappa shape index (κ2) is 6.89. The van der Waals surface area contributed by atoms with Crippen molar-refractivity contribution in [2.75, 3.05) is 32.0 Å². The van der Waals surface area contributed by atoms with Crippen molar-refractivity contribution in [2.45, 2.75) is 38.0 Å². The van der Waals surface area contributed by atoms with E-state index in [9.17, 15) is 0 Å². The Morgan fingerprint density at radius 2 is 2.04 bits per heavy atom. The van der Waals surface area contributed by atoms with Crippen molar-refractivity contribution in [3.63, 3.8) is 0 Å². The number of piperidine rings is 1. The number of anilines is 1. The van der Waals surface area contributed by atoms with Crippen LogP contribution in [0.2, 0.25) is 0 Å². The summed E-state index contributed by atoms with van der Waals surface area (Å²) in [6, 6.07) is 8.44. The van der Waals surface area contributed by atoms with E-state index in [0.29, 0.717) is 5.92 Å². The Bertz CT molecular complexity index is 716. The highest BCUT2D eigenvalue weighted by molar-refractivity contribution is 9.10. The zero-order chi connectivity index (χ0) is 16.5. The van der Waals surface area contributed by atoms with Gasteiger partial charge in [0.25, 0.3) is 0 Å². The van der Waals surface area contributed by atoms with Crippen molar-refractivity contribution in [3.8, 4) is 5.69 Å². The average molecular weight is 389 g/mol. The van der Waals surface area contributed by atoms with E-state index < -0.39 is 0 Å². The Morgan fingerprint density at radius 1 is 1.21 bits per heavy atom. The van der Waals surface area contributed by atoms with Crippen molar-refractivity contribution < 1.29 is 0 Å². The van der Waals surface area contributed by atoms with Crippen LogP contribution in [0, 0.1) is 0 Å². The number of aromatic nitrogens is 2. The number of benzene rings is 1. The largest absolute Gasteiger partial charge is 0.370 e. The summed E-state index contributed by atoms with van der Waals surface area (Å²) in [4.78, 5) is 2.43. The van der Waals surface area contributed by atoms with Gasteiger partial charge in [-0.3, -0.25) is 0 Å². The summed E-state index contributed by atoms with van der Waals surface area (Å²) in [6.45, 7) is 3.40. The van der Waals surface area contributed by atoms with Crippen LogP contribution in [0.4, 0.5) is 5.82 Å². The summed E-state index contributed by atoms with van der Waals surface area (Å²) in [5, 5.41) is 8.76. The van der Waals surface area contributed by atoms with Crippen LogP contribution >= 0.6 is 15.9 Å². The SMILES string of the molecule is CN1CCC(c2nn(-c3cccc(Br)c3)c3c2CCCCN3)CC1. The normalized spacial score (nSPS) is 19.6. The topological polar surface area (TPSA) is 33.1 Å². The fourth-order valence-corrected chi connectivity index (χ4v) is 4.32. The van der Waals surface area contributed by atoms with Crippen molar-refractivity contribution in [3.05, 3.63) is 40.0 Å². The van der Waals surface area contributed by atoms with Gasteiger partial charge in [0.05, 0.1) is 11.4 Å². The minimum Gasteiger partial charge on any atom is -0.370 e. The molecule has 1 N–H and O–H groups in total. The molecular weight excluding hydrogens is 364 g/mol. The Hall–Kier alpha value is -1.33. The van der Waals surface area contributed by atoms with Gasteiger partial charge in [0.15, 0.2) is 0 Å². The maximum absolute atomic E-state index is 5.11. The van der Waals surface area contributed by atoms with Crippen LogP contribution < -0.4 is 5.32 Å². The van der Waals surface area contributed by atoms with Gasteiger partial charge in [0.1, 0.15) is 5.82 Å². The zero-order valence-electron chi connectivity index (χ0n) is 14.3. The van der Waals surface area contributed by atoms with Gasteiger partial charge >= 0.3 is 0 Å². The van der Waals surface area contributed by atoms with Gasteiger partial charge in [0.2, 0.25) is 0 Å². The van der Waals surface area contributed by atoms with Gasteiger partial charge < -0.3 is 10.2 Å². The molecule has 2 aliphatic rings. The first-order chi connectivity index (χ1) is 11.7. The molecule has 5 heteroatoms. The Morgan fingerprint density at radius 3 is 2.83 bits per heavy atom. The molecule has 0 aliphatic carbocycles. The van der Waals surface area contributed by atoms with Crippen LogP contribution in [0.3, 0.4) is 0 Å². The van der Waals surface area contributed by atoms with E-state index in [1.807, 2.05) is 0 Å². The van der Waals surface area contributed by atoms with Crippen molar-refractivity contribution >= 4 is 21.7 Å². The molecule has 0 amide bonds. The average Bonchev–Trinajstić information content (AvgIpc) is 2.77. The van der Waals surface area contributed by atoms with Crippen molar-refractivity contribution in [1.82, 2.24) is 14.7 Å². The molecule has 1 aromatic heterocycles. The van der Waals surface area contributed by atoms with Crippen LogP contribution in [0.1, 0.15) is 42.9 Å². The first-order valence-electron chi connectivity index (χ1n) is 9.02. The minimum absolute atomic E-state index is 0.600. The molecule has 0 radical (unpaired) electrons. The van der Waals surface area contributed by atoms with Crippen molar-refractivity contribution in [2.24, 2.45) is 0 Å². The molecule has 128 valence electrons. The van der Waals surface area contributed by atoms with Crippen molar-refractivity contribution in [1.29, 1.82) is 0 Å². The van der Waals surface area contributed by atoms with E-state index >= 15 is 0 Å². The monoisotopic (exact) mass is 388 g/mol. The number of rotatable bonds is 2. The summed E-state index contributed by atoms with van der Waals surface area (Å²) in [7, 11) is 2.22. The number of nitrogens with one attached hydrogen (secondary N) is 1. The van der Waals surface area contributed by atoms with E-state index in [0.717, 1.165) is 23.1 Å². The third-order valence-electron chi connectivity index (χ3n) is 5.32. The Labute approximate surface area is 152 Å². The molecule has 24 heavy (non-hydrogen) atoms. The Balaban J connectivity index is 1.77. The van der Waals surface area contributed by atoms with Crippen LogP contribution in [0.5, 0.6) is 0 Å². The van der Waals surface area contributed by atoms with E-state index in [-0.39, 0.29) is 0 Å². The molecule has 0 saturated carbocycles. The minimum atomic E-state index is 0.600. The molecule has 1 aromatic carbocycles. The number of halogens is 1. The summed E-state index contributed by atoms with van der Waals surface area (Å²) >= 11 is 3.59. The van der Waals surface area contributed by atoms with E-state index in [4.69, 9.17) is 5.10 Å². The highest BCUT2D eigenvalue weighted by Gasteiger charge is 2.28. The van der Waals surface area contributed by atoms with Gasteiger partial charge in [-0.15, -0.1) is 0 Å². The van der Waals surface area contributed by atoms with Crippen LogP contribution in [0.25, 0.3) is 5.69 Å². The lowest BCUT2D eigenvalue weighted by Gasteiger charge is -2.28. The molecule has 2 aromatic rings. The van der Waals surface area contributed by atoms with Gasteiger partial charge in [-0.25, -0.2) is 4.68 Å². The summed E-state index contributed by atoms with van der Waals surface area (Å²) in [5.41, 5.74) is 3.93. The predicted octanol–water partition coefficient (Wildman–Crippen LogP) is 4.19. The first-order valence-corrected chi connectivity index (χ1v) is 9.82. The quantitative estimate of drug-likeness (QED) is 0.836. The summed E-state index contributed by atoms with van der Waals surface area (Å²) < 4.78 is 3.23. The predicted molar refractivity (Wildman–Crippen MR) is 102 cm³/mol. The lowest BCUT2D eigenvalue weighted by atomic mass is 9.90. The first kappa shape index (κ1) is 16.2. The molecule has 0 bridgehead atoms. The second-order valence-corrected chi connectivity index (χ2v) is 7.98. The lowest BCUT2D eigenvalue weighted by Crippen LogP contribution is -2.29. The molecular formula is C19H25BrN4. The maximum atomic E-state index is 5.11. The van der Waals surface area contributed by atoms with Crippen LogP contribution in [0.15, 0.2) is 28.7 Å². The van der Waals surface area contributed by atoms with E-state index in [1.54, 1.807) is 0 Å². The smallest absolute Gasteiger partial charge is 0.133 e. The molecule has 3 heterocycles. The second-order valence-electron chi connectivity index (χ2n) is 7.07. The standard InChI is InChI=1S/C19H25BrN4/c1-23-11-8-14(9-12-23)18-17-7-2-3-10-21-19(17)24(22-18)16-6-4-5-15(20)13-16/h4-6,13-14,21H,2-3,7-12H2,1H3. The molecule has 0 atom stereocenters. The summed E-state index contributed by atoms with van der Waals surface area (Å²) in [5.74, 6) is 1.82. The highest BCUT2D eigenvalue weighted by Crippen LogP contribution is 2.36. The van der Waals surface area contributed by atoms with Gasteiger partial charge in [-0.05, 0) is 70.4 Å². The highest BCUT2D eigenvalue weighted by atomic mass is 79.9. The fraction of sp³-hybridized carbons (Fsp3) is 0.526. The molecule has 0 unspecified atom stereocenters. The fourth-order valence-electron chi connectivity index (χ4n) is 3.93. The number of hydrogen-bond donors (Lipinski definition) is 1. The number of fused-ring (bicyclic) bond motifs is 1. The van der Waals surface area contributed by atoms with Crippen LogP contribution in [-0.4, -0.2) is 41.4 Å². The van der Waals surface area contributed by atoms with Gasteiger partial charge in [-0.2, -0.15) is 5.10 Å². The lowest BCUT2D eigenvalue weighted by molar-refractivity contribution is 0.252. The number of nitrogens with zero attached hydrogens (tertiary/aromatic N) is 3. The number of hydrogen-bond acceptors (Lipinski definition) is 3. The molecule has 1 fully saturated rings. The zero-order valence-corrected chi connectivity index (χ0v) is 15.8. The van der Waals surface area contributed by atoms with Gasteiger partial charge in [0, 0.05) is 22.5 Å². The maximum Gasteiger partial charge on any atom is 0.133 e. The molecule has 4 rings (SSSR count). The third kappa shape index (κ3) is 3.11. The van der Waals surface area contributed by atoms with E-state index in [1.165, 1.54) is 55.8 Å². The van der Waals surface area contributed by atoms with Crippen LogP contribution in [-0.2, 0) is 6.42 Å². The van der Waals surface area contributed by atoms with Gasteiger partial charge in [-0.1, -0.05) is 22.0 Å². The molecule has 2 aliphatic heterocycles. The number of likely N-dealkylation sites (tertiary alicyclic amines) is 1. The molecule has 0 spiro atoms. The third-order valence-corrected chi connectivity index (χ3v) is 5.81. The summed E-state index contributed by atoms with van der Waals surface area (Å²) in [6.07, 6.45) is 6.08. The molecule has 1 saturated heterocycles.